The minimum atomic E-state index is -0.442. The SMILES string of the molecule is CCC1CCCC(NCC(O)c2ccc(OC)cc2)C1. The average Bonchev–Trinajstić information content (AvgIpc) is 2.53. The van der Waals surface area contributed by atoms with Crippen LogP contribution in [0.3, 0.4) is 0 Å². The molecule has 1 aromatic rings. The van der Waals surface area contributed by atoms with Gasteiger partial charge in [0.1, 0.15) is 5.75 Å². The largest absolute Gasteiger partial charge is 0.497 e. The fraction of sp³-hybridized carbons (Fsp3) is 0.647. The van der Waals surface area contributed by atoms with Gasteiger partial charge in [-0.2, -0.15) is 0 Å². The molecule has 3 nitrogen and oxygen atoms in total. The number of aliphatic hydroxyl groups is 1. The second-order valence-corrected chi connectivity index (χ2v) is 5.84. The second kappa shape index (κ2) is 7.65. The molecule has 0 aliphatic heterocycles. The number of benzene rings is 1. The molecule has 1 saturated carbocycles. The Morgan fingerprint density at radius 1 is 1.30 bits per heavy atom. The van der Waals surface area contributed by atoms with Gasteiger partial charge in [-0.25, -0.2) is 0 Å². The Hall–Kier alpha value is -1.06. The lowest BCUT2D eigenvalue weighted by atomic mass is 9.84. The van der Waals surface area contributed by atoms with Crippen molar-refractivity contribution in [1.82, 2.24) is 5.32 Å². The van der Waals surface area contributed by atoms with Crippen LogP contribution < -0.4 is 10.1 Å². The molecule has 3 heteroatoms. The highest BCUT2D eigenvalue weighted by Gasteiger charge is 2.21. The van der Waals surface area contributed by atoms with E-state index in [1.165, 1.54) is 32.1 Å². The van der Waals surface area contributed by atoms with E-state index in [1.807, 2.05) is 24.3 Å². The Bertz CT molecular complexity index is 390. The number of ether oxygens (including phenoxy) is 1. The minimum Gasteiger partial charge on any atom is -0.497 e. The predicted octanol–water partition coefficient (Wildman–Crippen LogP) is 3.29. The molecule has 0 radical (unpaired) electrons. The molecular weight excluding hydrogens is 250 g/mol. The molecule has 2 rings (SSSR count). The normalized spacial score (nSPS) is 24.4. The lowest BCUT2D eigenvalue weighted by Gasteiger charge is -2.30. The van der Waals surface area contributed by atoms with Crippen LogP contribution in [0.4, 0.5) is 0 Å². The van der Waals surface area contributed by atoms with Crippen molar-refractivity contribution in [2.24, 2.45) is 5.92 Å². The van der Waals surface area contributed by atoms with E-state index in [2.05, 4.69) is 12.2 Å². The molecule has 1 fully saturated rings. The van der Waals surface area contributed by atoms with Gasteiger partial charge in [0.15, 0.2) is 0 Å². The summed E-state index contributed by atoms with van der Waals surface area (Å²) in [6.45, 7) is 2.91. The van der Waals surface area contributed by atoms with Crippen LogP contribution in [0, 0.1) is 5.92 Å². The van der Waals surface area contributed by atoms with E-state index >= 15 is 0 Å². The zero-order valence-corrected chi connectivity index (χ0v) is 12.6. The van der Waals surface area contributed by atoms with Crippen LogP contribution in [0.5, 0.6) is 5.75 Å². The molecule has 20 heavy (non-hydrogen) atoms. The molecule has 0 heterocycles. The van der Waals surface area contributed by atoms with Gasteiger partial charge in [-0.1, -0.05) is 38.3 Å². The van der Waals surface area contributed by atoms with E-state index in [1.54, 1.807) is 7.11 Å². The maximum Gasteiger partial charge on any atom is 0.118 e. The molecule has 1 aromatic carbocycles. The molecule has 0 spiro atoms. The molecule has 3 unspecified atom stereocenters. The van der Waals surface area contributed by atoms with E-state index in [0.717, 1.165) is 17.2 Å². The van der Waals surface area contributed by atoms with Gasteiger partial charge in [-0.15, -0.1) is 0 Å². The van der Waals surface area contributed by atoms with Crippen LogP contribution in [0.2, 0.25) is 0 Å². The molecule has 2 N–H and O–H groups in total. The minimum absolute atomic E-state index is 0.442. The number of aliphatic hydroxyl groups excluding tert-OH is 1. The first kappa shape index (κ1) is 15.3. The third kappa shape index (κ3) is 4.22. The second-order valence-electron chi connectivity index (χ2n) is 5.84. The fourth-order valence-electron chi connectivity index (χ4n) is 3.07. The number of hydrogen-bond donors (Lipinski definition) is 2. The molecule has 0 bridgehead atoms. The molecule has 3 atom stereocenters. The van der Waals surface area contributed by atoms with E-state index in [-0.39, 0.29) is 0 Å². The maximum absolute atomic E-state index is 10.2. The maximum atomic E-state index is 10.2. The monoisotopic (exact) mass is 277 g/mol. The average molecular weight is 277 g/mol. The van der Waals surface area contributed by atoms with Crippen molar-refractivity contribution in [2.45, 2.75) is 51.2 Å². The Balaban J connectivity index is 1.80. The Morgan fingerprint density at radius 3 is 2.70 bits per heavy atom. The first-order valence-electron chi connectivity index (χ1n) is 7.78. The van der Waals surface area contributed by atoms with Crippen molar-refractivity contribution < 1.29 is 9.84 Å². The van der Waals surface area contributed by atoms with Gasteiger partial charge in [-0.05, 0) is 36.5 Å². The van der Waals surface area contributed by atoms with Gasteiger partial charge in [0.2, 0.25) is 0 Å². The third-order valence-electron chi connectivity index (χ3n) is 4.46. The summed E-state index contributed by atoms with van der Waals surface area (Å²) in [6.07, 6.45) is 6.02. The summed E-state index contributed by atoms with van der Waals surface area (Å²) < 4.78 is 5.13. The van der Waals surface area contributed by atoms with E-state index in [0.29, 0.717) is 12.6 Å². The molecule has 112 valence electrons. The van der Waals surface area contributed by atoms with Gasteiger partial charge < -0.3 is 15.2 Å². The molecule has 1 aliphatic carbocycles. The summed E-state index contributed by atoms with van der Waals surface area (Å²) >= 11 is 0. The van der Waals surface area contributed by atoms with Crippen molar-refractivity contribution >= 4 is 0 Å². The fourth-order valence-corrected chi connectivity index (χ4v) is 3.07. The molecule has 0 saturated heterocycles. The van der Waals surface area contributed by atoms with Crippen molar-refractivity contribution in [2.75, 3.05) is 13.7 Å². The Labute approximate surface area is 122 Å². The van der Waals surface area contributed by atoms with Crippen LogP contribution in [-0.2, 0) is 0 Å². The molecular formula is C17H27NO2. The quantitative estimate of drug-likeness (QED) is 0.838. The first-order chi connectivity index (χ1) is 9.72. The van der Waals surface area contributed by atoms with Crippen molar-refractivity contribution in [3.8, 4) is 5.75 Å². The van der Waals surface area contributed by atoms with Crippen LogP contribution in [0.25, 0.3) is 0 Å². The zero-order valence-electron chi connectivity index (χ0n) is 12.6. The highest BCUT2D eigenvalue weighted by Crippen LogP contribution is 2.27. The van der Waals surface area contributed by atoms with E-state index in [4.69, 9.17) is 4.74 Å². The predicted molar refractivity (Wildman–Crippen MR) is 82.0 cm³/mol. The third-order valence-corrected chi connectivity index (χ3v) is 4.46. The number of methoxy groups -OCH3 is 1. The Kier molecular flexibility index (Phi) is 5.86. The topological polar surface area (TPSA) is 41.5 Å². The van der Waals surface area contributed by atoms with Crippen LogP contribution >= 0.6 is 0 Å². The van der Waals surface area contributed by atoms with Gasteiger partial charge in [-0.3, -0.25) is 0 Å². The first-order valence-corrected chi connectivity index (χ1v) is 7.78. The highest BCUT2D eigenvalue weighted by atomic mass is 16.5. The van der Waals surface area contributed by atoms with Gasteiger partial charge in [0.25, 0.3) is 0 Å². The lowest BCUT2D eigenvalue weighted by Crippen LogP contribution is -2.36. The van der Waals surface area contributed by atoms with Crippen molar-refractivity contribution in [3.05, 3.63) is 29.8 Å². The van der Waals surface area contributed by atoms with Gasteiger partial charge in [0, 0.05) is 12.6 Å². The standard InChI is InChI=1S/C17H27NO2/c1-3-13-5-4-6-15(11-13)18-12-17(19)14-7-9-16(20-2)10-8-14/h7-10,13,15,17-19H,3-6,11-12H2,1-2H3. The summed E-state index contributed by atoms with van der Waals surface area (Å²) in [4.78, 5) is 0. The number of hydrogen-bond acceptors (Lipinski definition) is 3. The highest BCUT2D eigenvalue weighted by molar-refractivity contribution is 5.28. The van der Waals surface area contributed by atoms with Gasteiger partial charge >= 0.3 is 0 Å². The van der Waals surface area contributed by atoms with Gasteiger partial charge in [0.05, 0.1) is 13.2 Å². The molecule has 1 aliphatic rings. The lowest BCUT2D eigenvalue weighted by molar-refractivity contribution is 0.160. The summed E-state index contributed by atoms with van der Waals surface area (Å²) in [5.41, 5.74) is 0.946. The summed E-state index contributed by atoms with van der Waals surface area (Å²) in [5.74, 6) is 1.69. The molecule has 0 aromatic heterocycles. The number of rotatable bonds is 6. The summed E-state index contributed by atoms with van der Waals surface area (Å²) in [7, 11) is 1.65. The summed E-state index contributed by atoms with van der Waals surface area (Å²) in [5, 5.41) is 13.8. The van der Waals surface area contributed by atoms with Crippen molar-refractivity contribution in [1.29, 1.82) is 0 Å². The smallest absolute Gasteiger partial charge is 0.118 e. The van der Waals surface area contributed by atoms with Crippen molar-refractivity contribution in [3.63, 3.8) is 0 Å². The zero-order chi connectivity index (χ0) is 14.4. The Morgan fingerprint density at radius 2 is 2.05 bits per heavy atom. The molecule has 0 amide bonds. The van der Waals surface area contributed by atoms with Crippen LogP contribution in [0.15, 0.2) is 24.3 Å². The number of nitrogens with one attached hydrogen (secondary N) is 1. The van der Waals surface area contributed by atoms with E-state index < -0.39 is 6.10 Å². The van der Waals surface area contributed by atoms with Crippen LogP contribution in [0.1, 0.15) is 50.7 Å². The van der Waals surface area contributed by atoms with Crippen LogP contribution in [-0.4, -0.2) is 24.8 Å². The summed E-state index contributed by atoms with van der Waals surface area (Å²) in [6, 6.07) is 8.22. The van der Waals surface area contributed by atoms with E-state index in [9.17, 15) is 5.11 Å².